The minimum absolute atomic E-state index is 0.193. The highest BCUT2D eigenvalue weighted by Gasteiger charge is 2.28. The normalized spacial score (nSPS) is 14.5. The van der Waals surface area contributed by atoms with Gasteiger partial charge in [-0.25, -0.2) is 4.79 Å². The third-order valence-electron chi connectivity index (χ3n) is 3.50. The number of nitrogens with zero attached hydrogens (tertiary/aromatic N) is 1. The average molecular weight is 291 g/mol. The molecule has 1 atom stereocenters. The maximum Gasteiger partial charge on any atom is 0.341 e. The van der Waals surface area contributed by atoms with Crippen molar-refractivity contribution >= 4 is 31.4 Å². The van der Waals surface area contributed by atoms with Crippen LogP contribution >= 0.6 is 9.24 Å². The number of hydrogen-bond acceptors (Lipinski definition) is 3. The molecule has 0 aliphatic heterocycles. The van der Waals surface area contributed by atoms with E-state index in [1.165, 1.54) is 6.20 Å². The maximum absolute atomic E-state index is 12.3. The van der Waals surface area contributed by atoms with Crippen LogP contribution in [0.25, 0.3) is 10.9 Å². The number of methoxy groups -OCH3 is 1. The monoisotopic (exact) mass is 291 g/mol. The Kier molecular flexibility index (Phi) is 3.02. The minimum Gasteiger partial charge on any atom is -0.495 e. The van der Waals surface area contributed by atoms with E-state index in [4.69, 9.17) is 4.74 Å². The van der Waals surface area contributed by atoms with Crippen molar-refractivity contribution in [3.63, 3.8) is 0 Å². The number of carboxylic acid groups (broad SMARTS) is 1. The lowest BCUT2D eigenvalue weighted by Gasteiger charge is -2.15. The number of hydrogen-bond donors (Lipinski definition) is 1. The van der Waals surface area contributed by atoms with E-state index in [0.717, 1.165) is 18.1 Å². The van der Waals surface area contributed by atoms with E-state index in [1.807, 2.05) is 10.6 Å². The van der Waals surface area contributed by atoms with E-state index in [2.05, 4.69) is 9.24 Å². The number of ether oxygens (including phenoxy) is 1. The summed E-state index contributed by atoms with van der Waals surface area (Å²) in [6, 6.07) is 3.77. The van der Waals surface area contributed by atoms with Crippen molar-refractivity contribution in [1.29, 1.82) is 0 Å². The molecule has 0 saturated heterocycles. The van der Waals surface area contributed by atoms with Crippen LogP contribution in [0.2, 0.25) is 0 Å². The minimum atomic E-state index is -1.19. The Labute approximate surface area is 117 Å². The summed E-state index contributed by atoms with van der Waals surface area (Å²) in [4.78, 5) is 23.6. The number of pyridine rings is 1. The molecular formula is C14H14NO4P. The number of carboxylic acids is 1. The molecule has 0 amide bonds. The van der Waals surface area contributed by atoms with Crippen LogP contribution < -0.4 is 15.5 Å². The second kappa shape index (κ2) is 4.60. The van der Waals surface area contributed by atoms with Gasteiger partial charge >= 0.3 is 5.97 Å². The Hall–Kier alpha value is -1.87. The number of benzene rings is 1. The molecule has 1 aromatic carbocycles. The zero-order valence-corrected chi connectivity index (χ0v) is 12.1. The highest BCUT2D eigenvalue weighted by molar-refractivity contribution is 7.27. The highest BCUT2D eigenvalue weighted by Crippen LogP contribution is 2.39. The first-order valence-corrected chi connectivity index (χ1v) is 6.86. The fourth-order valence-electron chi connectivity index (χ4n) is 2.42. The molecule has 3 rings (SSSR count). The predicted octanol–water partition coefficient (Wildman–Crippen LogP) is 1.54. The van der Waals surface area contributed by atoms with Gasteiger partial charge < -0.3 is 14.4 Å². The number of carbonyl (C=O) groups is 1. The van der Waals surface area contributed by atoms with Gasteiger partial charge in [-0.05, 0) is 30.3 Å². The van der Waals surface area contributed by atoms with Crippen LogP contribution in [0.1, 0.15) is 29.2 Å². The van der Waals surface area contributed by atoms with Gasteiger partial charge in [0.15, 0.2) is 0 Å². The summed E-state index contributed by atoms with van der Waals surface area (Å²) in [7, 11) is 4.06. The lowest BCUT2D eigenvalue weighted by molar-refractivity contribution is 0.0695. The predicted molar refractivity (Wildman–Crippen MR) is 79.3 cm³/mol. The average Bonchev–Trinajstić information content (AvgIpc) is 3.22. The summed E-state index contributed by atoms with van der Waals surface area (Å²) in [6.07, 6.45) is 3.42. The third kappa shape index (κ3) is 1.98. The van der Waals surface area contributed by atoms with E-state index in [-0.39, 0.29) is 11.6 Å². The topological polar surface area (TPSA) is 68.5 Å². The van der Waals surface area contributed by atoms with E-state index in [9.17, 15) is 14.7 Å². The van der Waals surface area contributed by atoms with Crippen LogP contribution in [0.15, 0.2) is 23.1 Å². The lowest BCUT2D eigenvalue weighted by Crippen LogP contribution is -2.20. The first-order valence-electron chi connectivity index (χ1n) is 6.28. The number of fused-ring (bicyclic) bond motifs is 1. The molecule has 1 heterocycles. The first kappa shape index (κ1) is 13.1. The summed E-state index contributed by atoms with van der Waals surface area (Å²) >= 11 is 0. The van der Waals surface area contributed by atoms with Gasteiger partial charge in [-0.3, -0.25) is 4.79 Å². The molecule has 5 nitrogen and oxygen atoms in total. The number of aromatic nitrogens is 1. The summed E-state index contributed by atoms with van der Waals surface area (Å²) in [5, 5.41) is 10.4. The van der Waals surface area contributed by atoms with Gasteiger partial charge in [0.1, 0.15) is 11.3 Å². The molecule has 6 heteroatoms. The fourth-order valence-corrected chi connectivity index (χ4v) is 2.74. The van der Waals surface area contributed by atoms with Crippen molar-refractivity contribution in [2.75, 3.05) is 7.11 Å². The van der Waals surface area contributed by atoms with Crippen LogP contribution in [0.3, 0.4) is 0 Å². The molecule has 2 aromatic rings. The van der Waals surface area contributed by atoms with E-state index in [1.54, 1.807) is 13.2 Å². The number of aromatic carboxylic acids is 1. The van der Waals surface area contributed by atoms with Crippen molar-refractivity contribution in [3.05, 3.63) is 34.1 Å². The standard InChI is InChI=1S/C14H14NO4P/c1-19-11-5-8(20)4-9-12(11)15(7-2-3-7)6-10(13(9)16)14(17)18/h4-7H,2-3,20H2,1H3,(H,17,18). The van der Waals surface area contributed by atoms with Gasteiger partial charge in [0.2, 0.25) is 5.43 Å². The van der Waals surface area contributed by atoms with E-state index < -0.39 is 11.4 Å². The molecule has 1 N–H and O–H groups in total. The zero-order chi connectivity index (χ0) is 14.4. The summed E-state index contributed by atoms with van der Waals surface area (Å²) < 4.78 is 7.23. The number of rotatable bonds is 3. The van der Waals surface area contributed by atoms with Crippen molar-refractivity contribution in [2.45, 2.75) is 18.9 Å². The molecule has 104 valence electrons. The maximum atomic E-state index is 12.3. The van der Waals surface area contributed by atoms with Crippen molar-refractivity contribution in [1.82, 2.24) is 4.57 Å². The van der Waals surface area contributed by atoms with Gasteiger partial charge in [-0.15, -0.1) is 9.24 Å². The van der Waals surface area contributed by atoms with Crippen LogP contribution in [-0.4, -0.2) is 22.8 Å². The molecule has 0 bridgehead atoms. The Morgan fingerprint density at radius 3 is 2.70 bits per heavy atom. The van der Waals surface area contributed by atoms with E-state index in [0.29, 0.717) is 16.7 Å². The van der Waals surface area contributed by atoms with Gasteiger partial charge in [0.25, 0.3) is 0 Å². The molecule has 0 spiro atoms. The van der Waals surface area contributed by atoms with Crippen LogP contribution in [-0.2, 0) is 0 Å². The molecule has 1 unspecified atom stereocenters. The lowest BCUT2D eigenvalue weighted by atomic mass is 10.1. The third-order valence-corrected chi connectivity index (χ3v) is 3.84. The van der Waals surface area contributed by atoms with Crippen molar-refractivity contribution in [3.8, 4) is 5.75 Å². The van der Waals surface area contributed by atoms with Crippen LogP contribution in [0.4, 0.5) is 0 Å². The SMILES string of the molecule is COc1cc(P)cc2c(=O)c(C(=O)O)cn(C3CC3)c12. The molecule has 1 aliphatic rings. The first-order chi connectivity index (χ1) is 9.52. The molecule has 1 aromatic heterocycles. The molecule has 1 fully saturated rings. The van der Waals surface area contributed by atoms with Gasteiger partial charge in [0.05, 0.1) is 18.0 Å². The molecule has 1 aliphatic carbocycles. The molecular weight excluding hydrogens is 277 g/mol. The Balaban J connectivity index is 2.48. The molecule has 1 saturated carbocycles. The van der Waals surface area contributed by atoms with Gasteiger partial charge in [0, 0.05) is 12.2 Å². The summed E-state index contributed by atoms with van der Waals surface area (Å²) in [5.41, 5.74) is 0.0188. The quantitative estimate of drug-likeness (QED) is 0.871. The fraction of sp³-hybridized carbons (Fsp3) is 0.286. The van der Waals surface area contributed by atoms with E-state index >= 15 is 0 Å². The second-order valence-corrected chi connectivity index (χ2v) is 5.60. The summed E-state index contributed by atoms with van der Waals surface area (Å²) in [6.45, 7) is 0. The van der Waals surface area contributed by atoms with Crippen LogP contribution in [0.5, 0.6) is 5.75 Å². The molecule has 0 radical (unpaired) electrons. The Bertz CT molecular complexity index is 777. The van der Waals surface area contributed by atoms with Gasteiger partial charge in [-0.2, -0.15) is 0 Å². The Morgan fingerprint density at radius 2 is 2.15 bits per heavy atom. The molecule has 20 heavy (non-hydrogen) atoms. The van der Waals surface area contributed by atoms with Crippen molar-refractivity contribution in [2.24, 2.45) is 0 Å². The van der Waals surface area contributed by atoms with Gasteiger partial charge in [-0.1, -0.05) is 0 Å². The van der Waals surface area contributed by atoms with Crippen molar-refractivity contribution < 1.29 is 14.6 Å². The zero-order valence-electron chi connectivity index (χ0n) is 10.9. The smallest absolute Gasteiger partial charge is 0.341 e. The van der Waals surface area contributed by atoms with Crippen LogP contribution in [0, 0.1) is 0 Å². The Morgan fingerprint density at radius 1 is 1.45 bits per heavy atom. The summed E-state index contributed by atoms with van der Waals surface area (Å²) in [5.74, 6) is -0.604. The largest absolute Gasteiger partial charge is 0.495 e. The highest BCUT2D eigenvalue weighted by atomic mass is 31.0. The second-order valence-electron chi connectivity index (χ2n) is 4.93.